The lowest BCUT2D eigenvalue weighted by Gasteiger charge is -2.22. The van der Waals surface area contributed by atoms with Gasteiger partial charge in [0.05, 0.1) is 36.3 Å². The molecule has 1 aromatic carbocycles. The van der Waals surface area contributed by atoms with Crippen molar-refractivity contribution in [2.45, 2.75) is 26.8 Å². The molecule has 3 rings (SSSR count). The summed E-state index contributed by atoms with van der Waals surface area (Å²) in [4.78, 5) is 44.4. The number of carbonyl (C=O) groups is 2. The summed E-state index contributed by atoms with van der Waals surface area (Å²) < 4.78 is 29.6. The summed E-state index contributed by atoms with van der Waals surface area (Å²) in [5.74, 6) is -2.05. The molecule has 2 heterocycles. The predicted octanol–water partition coefficient (Wildman–Crippen LogP) is 4.07. The van der Waals surface area contributed by atoms with Crippen molar-refractivity contribution in [2.24, 2.45) is 0 Å². The third-order valence-corrected chi connectivity index (χ3v) is 4.60. The van der Waals surface area contributed by atoms with Gasteiger partial charge in [-0.3, -0.25) is 19.7 Å². The molecule has 178 valence electrons. The number of Topliss-reactive ketones (excluding diaryl/α,β-unsaturated/α-hetero) is 1. The Kier molecular flexibility index (Phi) is 7.85. The van der Waals surface area contributed by atoms with Gasteiger partial charge in [-0.15, -0.1) is 0 Å². The third kappa shape index (κ3) is 5.91. The number of hydrogen-bond acceptors (Lipinski definition) is 10. The number of halogens is 1. The van der Waals surface area contributed by atoms with Gasteiger partial charge in [-0.2, -0.15) is 4.98 Å². The summed E-state index contributed by atoms with van der Waals surface area (Å²) in [5, 5.41) is 12.0. The van der Waals surface area contributed by atoms with Crippen molar-refractivity contribution >= 4 is 23.3 Å². The standard InChI is InChI=1S/C22H21FN4O7/c1-3-32-19(29)8-9-26(12-16-5-4-10-33-16)21-20(27(30)31)22(25-13-24-21)34-18-11-15(23)6-7-17(18)14(2)28/h4-7,10-11,13H,3,8-9,12H2,1-2H3. The molecule has 3 aromatic rings. The second kappa shape index (κ2) is 11.0. The van der Waals surface area contributed by atoms with Crippen LogP contribution in [-0.2, 0) is 16.1 Å². The molecule has 0 radical (unpaired) electrons. The Morgan fingerprint density at radius 3 is 2.71 bits per heavy atom. The predicted molar refractivity (Wildman–Crippen MR) is 116 cm³/mol. The van der Waals surface area contributed by atoms with Crippen molar-refractivity contribution in [3.05, 3.63) is 70.2 Å². The van der Waals surface area contributed by atoms with E-state index in [2.05, 4.69) is 9.97 Å². The van der Waals surface area contributed by atoms with Crippen molar-refractivity contribution in [2.75, 3.05) is 18.1 Å². The molecule has 0 amide bonds. The Morgan fingerprint density at radius 2 is 2.06 bits per heavy atom. The topological polar surface area (TPSA) is 138 Å². The fraction of sp³-hybridized carbons (Fsp3) is 0.273. The Balaban J connectivity index is 2.03. The summed E-state index contributed by atoms with van der Waals surface area (Å²) in [6.07, 6.45) is 2.39. The molecule has 0 N–H and O–H groups in total. The minimum absolute atomic E-state index is 0.00941. The highest BCUT2D eigenvalue weighted by Crippen LogP contribution is 2.38. The van der Waals surface area contributed by atoms with Gasteiger partial charge in [0.25, 0.3) is 0 Å². The zero-order valence-corrected chi connectivity index (χ0v) is 18.4. The fourth-order valence-corrected chi connectivity index (χ4v) is 3.11. The van der Waals surface area contributed by atoms with E-state index in [1.54, 1.807) is 19.1 Å². The highest BCUT2D eigenvalue weighted by molar-refractivity contribution is 5.96. The van der Waals surface area contributed by atoms with Crippen molar-refractivity contribution in [1.29, 1.82) is 0 Å². The quantitative estimate of drug-likeness (QED) is 0.174. The molecule has 0 aliphatic heterocycles. The fourth-order valence-electron chi connectivity index (χ4n) is 3.11. The molecular weight excluding hydrogens is 451 g/mol. The molecule has 0 saturated carbocycles. The number of benzene rings is 1. The van der Waals surface area contributed by atoms with E-state index in [0.717, 1.165) is 18.5 Å². The Bertz CT molecular complexity index is 1180. The molecule has 0 fully saturated rings. The number of rotatable bonds is 11. The average molecular weight is 472 g/mol. The van der Waals surface area contributed by atoms with E-state index in [-0.39, 0.29) is 43.2 Å². The summed E-state index contributed by atoms with van der Waals surface area (Å²) in [5.41, 5.74) is -0.609. The van der Waals surface area contributed by atoms with E-state index in [4.69, 9.17) is 13.9 Å². The molecule has 12 heteroatoms. The number of ketones is 1. The van der Waals surface area contributed by atoms with Gasteiger partial charge in [-0.25, -0.2) is 9.37 Å². The van der Waals surface area contributed by atoms with Crippen LogP contribution in [0.15, 0.2) is 47.3 Å². The molecule has 2 aromatic heterocycles. The summed E-state index contributed by atoms with van der Waals surface area (Å²) >= 11 is 0. The SMILES string of the molecule is CCOC(=O)CCN(Cc1ccco1)c1ncnc(Oc2cc(F)ccc2C(C)=O)c1[N+](=O)[O-]. The Morgan fingerprint density at radius 1 is 1.26 bits per heavy atom. The maximum Gasteiger partial charge on any atom is 0.373 e. The molecular formula is C22H21FN4O7. The largest absolute Gasteiger partial charge is 0.467 e. The first-order valence-electron chi connectivity index (χ1n) is 10.2. The summed E-state index contributed by atoms with van der Waals surface area (Å²) in [6.45, 7) is 3.16. The monoisotopic (exact) mass is 472 g/mol. The van der Waals surface area contributed by atoms with Crippen LogP contribution in [0.4, 0.5) is 15.9 Å². The van der Waals surface area contributed by atoms with E-state index >= 15 is 0 Å². The molecule has 0 saturated heterocycles. The van der Waals surface area contributed by atoms with E-state index in [1.807, 2.05) is 0 Å². The minimum Gasteiger partial charge on any atom is -0.467 e. The normalized spacial score (nSPS) is 10.6. The van der Waals surface area contributed by atoms with Crippen LogP contribution in [0, 0.1) is 15.9 Å². The number of ether oxygens (including phenoxy) is 2. The van der Waals surface area contributed by atoms with E-state index in [1.165, 1.54) is 24.2 Å². The number of aromatic nitrogens is 2. The van der Waals surface area contributed by atoms with Gasteiger partial charge in [0.2, 0.25) is 5.82 Å². The molecule has 11 nitrogen and oxygen atoms in total. The first-order valence-corrected chi connectivity index (χ1v) is 10.2. The van der Waals surface area contributed by atoms with Crippen LogP contribution in [0.25, 0.3) is 0 Å². The van der Waals surface area contributed by atoms with Crippen molar-refractivity contribution < 1.29 is 32.8 Å². The lowest BCUT2D eigenvalue weighted by molar-refractivity contribution is -0.385. The Hall–Kier alpha value is -4.35. The zero-order valence-electron chi connectivity index (χ0n) is 18.4. The summed E-state index contributed by atoms with van der Waals surface area (Å²) in [7, 11) is 0. The van der Waals surface area contributed by atoms with Crippen LogP contribution in [0.2, 0.25) is 0 Å². The van der Waals surface area contributed by atoms with Gasteiger partial charge in [-0.05, 0) is 38.1 Å². The van der Waals surface area contributed by atoms with Crippen LogP contribution in [0.3, 0.4) is 0 Å². The Labute approximate surface area is 193 Å². The summed E-state index contributed by atoms with van der Waals surface area (Å²) in [6, 6.07) is 6.53. The average Bonchev–Trinajstić information content (AvgIpc) is 3.29. The molecule has 34 heavy (non-hydrogen) atoms. The number of esters is 1. The number of carbonyl (C=O) groups excluding carboxylic acids is 2. The number of furan rings is 1. The minimum atomic E-state index is -0.753. The first kappa shape index (κ1) is 24.3. The number of nitro groups is 1. The molecule has 0 bridgehead atoms. The van der Waals surface area contributed by atoms with Crippen LogP contribution < -0.4 is 9.64 Å². The van der Waals surface area contributed by atoms with Gasteiger partial charge in [0.1, 0.15) is 23.7 Å². The van der Waals surface area contributed by atoms with Crippen molar-refractivity contribution in [1.82, 2.24) is 9.97 Å². The highest BCUT2D eigenvalue weighted by Gasteiger charge is 2.30. The molecule has 0 aliphatic rings. The van der Waals surface area contributed by atoms with E-state index < -0.39 is 34.1 Å². The van der Waals surface area contributed by atoms with Gasteiger partial charge < -0.3 is 18.8 Å². The van der Waals surface area contributed by atoms with Gasteiger partial charge >= 0.3 is 17.5 Å². The van der Waals surface area contributed by atoms with Gasteiger partial charge in [0.15, 0.2) is 5.78 Å². The molecule has 0 aliphatic carbocycles. The second-order valence-corrected chi connectivity index (χ2v) is 6.96. The lowest BCUT2D eigenvalue weighted by Crippen LogP contribution is -2.28. The number of nitrogens with zero attached hydrogens (tertiary/aromatic N) is 4. The smallest absolute Gasteiger partial charge is 0.373 e. The van der Waals surface area contributed by atoms with E-state index in [9.17, 15) is 24.1 Å². The maximum absolute atomic E-state index is 13.8. The van der Waals surface area contributed by atoms with Gasteiger partial charge in [-0.1, -0.05) is 0 Å². The van der Waals surface area contributed by atoms with Crippen LogP contribution in [0.1, 0.15) is 36.4 Å². The molecule has 0 unspecified atom stereocenters. The van der Waals surface area contributed by atoms with Crippen LogP contribution >= 0.6 is 0 Å². The van der Waals surface area contributed by atoms with Crippen LogP contribution in [0.5, 0.6) is 11.6 Å². The van der Waals surface area contributed by atoms with Crippen molar-refractivity contribution in [3.8, 4) is 11.6 Å². The van der Waals surface area contributed by atoms with Gasteiger partial charge in [0, 0.05) is 12.6 Å². The van der Waals surface area contributed by atoms with E-state index in [0.29, 0.717) is 5.76 Å². The first-order chi connectivity index (χ1) is 16.3. The molecule has 0 spiro atoms. The number of anilines is 1. The zero-order chi connectivity index (χ0) is 24.7. The third-order valence-electron chi connectivity index (χ3n) is 4.60. The molecule has 0 atom stereocenters. The second-order valence-electron chi connectivity index (χ2n) is 6.96. The number of hydrogen-bond donors (Lipinski definition) is 0. The lowest BCUT2D eigenvalue weighted by atomic mass is 10.1. The highest BCUT2D eigenvalue weighted by atomic mass is 19.1. The van der Waals surface area contributed by atoms with Crippen molar-refractivity contribution in [3.63, 3.8) is 0 Å². The maximum atomic E-state index is 13.8. The van der Waals surface area contributed by atoms with Crippen LogP contribution in [-0.4, -0.2) is 39.8 Å².